The van der Waals surface area contributed by atoms with Crippen LogP contribution in [0.4, 0.5) is 5.69 Å². The molecule has 0 saturated heterocycles. The molecule has 88 valence electrons. The van der Waals surface area contributed by atoms with Crippen molar-refractivity contribution in [3.63, 3.8) is 0 Å². The number of halogens is 1. The predicted octanol–water partition coefficient (Wildman–Crippen LogP) is 3.45. The number of nitrogens with zero attached hydrogens (tertiary/aromatic N) is 2. The summed E-state index contributed by atoms with van der Waals surface area (Å²) in [4.78, 5) is 10.1. The van der Waals surface area contributed by atoms with Gasteiger partial charge >= 0.3 is 0 Å². The van der Waals surface area contributed by atoms with Crippen molar-refractivity contribution in [2.45, 2.75) is 12.3 Å². The molecule has 0 fully saturated rings. The first-order chi connectivity index (χ1) is 8.13. The van der Waals surface area contributed by atoms with E-state index in [1.807, 2.05) is 6.92 Å². The number of hydrogen-bond donors (Lipinski definition) is 0. The van der Waals surface area contributed by atoms with Crippen LogP contribution in [0.1, 0.15) is 11.3 Å². The van der Waals surface area contributed by atoms with Gasteiger partial charge < -0.3 is 4.52 Å². The molecule has 0 aliphatic heterocycles. The minimum Gasteiger partial charge on any atom is -0.356 e. The number of benzene rings is 1. The van der Waals surface area contributed by atoms with E-state index in [9.17, 15) is 10.1 Å². The first-order valence-corrected chi connectivity index (χ1v) is 6.01. The fourth-order valence-electron chi connectivity index (χ4n) is 1.51. The molecule has 1 heterocycles. The van der Waals surface area contributed by atoms with Crippen LogP contribution in [0, 0.1) is 17.0 Å². The average molecular weight is 297 g/mol. The first-order valence-electron chi connectivity index (χ1n) is 4.89. The Morgan fingerprint density at radius 3 is 2.59 bits per heavy atom. The number of nitro groups is 1. The lowest BCUT2D eigenvalue weighted by molar-refractivity contribution is -0.384. The van der Waals surface area contributed by atoms with Crippen molar-refractivity contribution in [1.82, 2.24) is 5.16 Å². The van der Waals surface area contributed by atoms with E-state index in [2.05, 4.69) is 21.1 Å². The third-order valence-corrected chi connectivity index (χ3v) is 3.02. The van der Waals surface area contributed by atoms with Crippen molar-refractivity contribution < 1.29 is 9.45 Å². The molecular weight excluding hydrogens is 288 g/mol. The second kappa shape index (κ2) is 4.67. The van der Waals surface area contributed by atoms with Crippen LogP contribution in [0.15, 0.2) is 28.8 Å². The van der Waals surface area contributed by atoms with Crippen LogP contribution in [0.5, 0.6) is 0 Å². The summed E-state index contributed by atoms with van der Waals surface area (Å²) in [6.07, 6.45) is 0. The standard InChI is InChI=1S/C11H9BrN2O3/c1-7-10(6-12)11(17-13-7)8-2-4-9(5-3-8)14(15)16/h2-5H,6H2,1H3. The maximum atomic E-state index is 10.5. The molecule has 1 aromatic heterocycles. The van der Waals surface area contributed by atoms with Gasteiger partial charge in [-0.05, 0) is 19.1 Å². The van der Waals surface area contributed by atoms with E-state index in [0.717, 1.165) is 16.8 Å². The Labute approximate surface area is 106 Å². The van der Waals surface area contributed by atoms with Gasteiger partial charge in [0.15, 0.2) is 5.76 Å². The van der Waals surface area contributed by atoms with Crippen LogP contribution in [0.2, 0.25) is 0 Å². The molecule has 1 aromatic carbocycles. The van der Waals surface area contributed by atoms with E-state index < -0.39 is 4.92 Å². The lowest BCUT2D eigenvalue weighted by Crippen LogP contribution is -1.88. The zero-order valence-corrected chi connectivity index (χ0v) is 10.6. The van der Waals surface area contributed by atoms with Gasteiger partial charge in [0.1, 0.15) is 0 Å². The second-order valence-corrected chi connectivity index (χ2v) is 4.07. The van der Waals surface area contributed by atoms with Gasteiger partial charge in [0.25, 0.3) is 5.69 Å². The summed E-state index contributed by atoms with van der Waals surface area (Å²) in [5, 5.41) is 15.1. The number of hydrogen-bond acceptors (Lipinski definition) is 4. The van der Waals surface area contributed by atoms with Gasteiger partial charge in [-0.15, -0.1) is 0 Å². The highest BCUT2D eigenvalue weighted by Gasteiger charge is 2.14. The zero-order valence-electron chi connectivity index (χ0n) is 9.01. The minimum absolute atomic E-state index is 0.0605. The molecule has 0 bridgehead atoms. The number of nitro benzene ring substituents is 1. The molecule has 0 unspecified atom stereocenters. The highest BCUT2D eigenvalue weighted by Crippen LogP contribution is 2.29. The van der Waals surface area contributed by atoms with Crippen molar-refractivity contribution in [3.8, 4) is 11.3 Å². The largest absolute Gasteiger partial charge is 0.356 e. The maximum Gasteiger partial charge on any atom is 0.269 e. The van der Waals surface area contributed by atoms with Crippen molar-refractivity contribution in [3.05, 3.63) is 45.6 Å². The van der Waals surface area contributed by atoms with Crippen LogP contribution in [-0.2, 0) is 5.33 Å². The van der Waals surface area contributed by atoms with Crippen LogP contribution in [0.25, 0.3) is 11.3 Å². The van der Waals surface area contributed by atoms with E-state index >= 15 is 0 Å². The second-order valence-electron chi connectivity index (χ2n) is 3.51. The SMILES string of the molecule is Cc1noc(-c2ccc([N+](=O)[O-])cc2)c1CBr. The molecule has 0 amide bonds. The number of aromatic nitrogens is 1. The minimum atomic E-state index is -0.430. The summed E-state index contributed by atoms with van der Waals surface area (Å²) < 4.78 is 5.22. The summed E-state index contributed by atoms with van der Waals surface area (Å²) >= 11 is 3.37. The van der Waals surface area contributed by atoms with E-state index in [-0.39, 0.29) is 5.69 Å². The van der Waals surface area contributed by atoms with Gasteiger partial charge in [-0.25, -0.2) is 0 Å². The first kappa shape index (κ1) is 11.8. The van der Waals surface area contributed by atoms with Crippen LogP contribution >= 0.6 is 15.9 Å². The van der Waals surface area contributed by atoms with Gasteiger partial charge in [-0.1, -0.05) is 21.1 Å². The van der Waals surface area contributed by atoms with E-state index in [0.29, 0.717) is 11.1 Å². The van der Waals surface area contributed by atoms with Crippen molar-refractivity contribution in [1.29, 1.82) is 0 Å². The molecule has 0 saturated carbocycles. The average Bonchev–Trinajstić information content (AvgIpc) is 2.70. The Hall–Kier alpha value is -1.69. The molecule has 5 nitrogen and oxygen atoms in total. The van der Waals surface area contributed by atoms with Gasteiger partial charge in [-0.2, -0.15) is 0 Å². The van der Waals surface area contributed by atoms with E-state index in [4.69, 9.17) is 4.52 Å². The van der Waals surface area contributed by atoms with Crippen LogP contribution in [0.3, 0.4) is 0 Å². The highest BCUT2D eigenvalue weighted by molar-refractivity contribution is 9.08. The molecule has 0 atom stereocenters. The lowest BCUT2D eigenvalue weighted by atomic mass is 10.1. The van der Waals surface area contributed by atoms with Crippen molar-refractivity contribution in [2.75, 3.05) is 0 Å². The highest BCUT2D eigenvalue weighted by atomic mass is 79.9. The van der Waals surface area contributed by atoms with E-state index in [1.54, 1.807) is 12.1 Å². The quantitative estimate of drug-likeness (QED) is 0.494. The van der Waals surface area contributed by atoms with Crippen LogP contribution < -0.4 is 0 Å². The summed E-state index contributed by atoms with van der Waals surface area (Å²) in [5.74, 6) is 0.647. The number of alkyl halides is 1. The van der Waals surface area contributed by atoms with Crippen molar-refractivity contribution in [2.24, 2.45) is 0 Å². The normalized spacial score (nSPS) is 10.5. The Morgan fingerprint density at radius 2 is 2.06 bits per heavy atom. The molecule has 0 aliphatic rings. The Morgan fingerprint density at radius 1 is 1.41 bits per heavy atom. The fourth-order valence-corrected chi connectivity index (χ4v) is 2.17. The summed E-state index contributed by atoms with van der Waals surface area (Å²) in [7, 11) is 0. The molecule has 2 aromatic rings. The Kier molecular flexibility index (Phi) is 3.23. The molecule has 0 aliphatic carbocycles. The molecule has 6 heteroatoms. The summed E-state index contributed by atoms with van der Waals surface area (Å²) in [6, 6.07) is 6.21. The Bertz CT molecular complexity index is 548. The van der Waals surface area contributed by atoms with Crippen LogP contribution in [-0.4, -0.2) is 10.1 Å². The lowest BCUT2D eigenvalue weighted by Gasteiger charge is -1.98. The predicted molar refractivity (Wildman–Crippen MR) is 66.0 cm³/mol. The maximum absolute atomic E-state index is 10.5. The van der Waals surface area contributed by atoms with Gasteiger partial charge in [-0.3, -0.25) is 10.1 Å². The number of aryl methyl sites for hydroxylation is 1. The third-order valence-electron chi connectivity index (χ3n) is 2.46. The van der Waals surface area contributed by atoms with Gasteiger partial charge in [0, 0.05) is 28.6 Å². The van der Waals surface area contributed by atoms with Crippen molar-refractivity contribution >= 4 is 21.6 Å². The topological polar surface area (TPSA) is 69.2 Å². The summed E-state index contributed by atoms with van der Waals surface area (Å²) in [6.45, 7) is 1.86. The number of rotatable bonds is 3. The zero-order chi connectivity index (χ0) is 12.4. The fraction of sp³-hybridized carbons (Fsp3) is 0.182. The Balaban J connectivity index is 2.43. The molecule has 0 spiro atoms. The number of non-ortho nitro benzene ring substituents is 1. The van der Waals surface area contributed by atoms with E-state index in [1.165, 1.54) is 12.1 Å². The molecule has 2 rings (SSSR count). The van der Waals surface area contributed by atoms with Gasteiger partial charge in [0.05, 0.1) is 10.6 Å². The molecular formula is C11H9BrN2O3. The monoisotopic (exact) mass is 296 g/mol. The smallest absolute Gasteiger partial charge is 0.269 e. The third kappa shape index (κ3) is 2.21. The molecule has 0 N–H and O–H groups in total. The molecule has 0 radical (unpaired) electrons. The summed E-state index contributed by atoms with van der Waals surface area (Å²) in [5.41, 5.74) is 2.62. The molecule has 17 heavy (non-hydrogen) atoms. The van der Waals surface area contributed by atoms with Gasteiger partial charge in [0.2, 0.25) is 0 Å².